The minimum absolute atomic E-state index is 0.00300. The first kappa shape index (κ1) is 33.1. The van der Waals surface area contributed by atoms with Gasteiger partial charge in [-0.1, -0.05) is 133 Å². The van der Waals surface area contributed by atoms with E-state index >= 15 is 0 Å². The largest absolute Gasteiger partial charge is 0.448 e. The van der Waals surface area contributed by atoms with Crippen LogP contribution in [0.25, 0.3) is 11.0 Å². The topological polar surface area (TPSA) is 59.7 Å². The molecule has 7 heteroatoms. The Bertz CT molecular complexity index is 1980. The summed E-state index contributed by atoms with van der Waals surface area (Å²) in [6.45, 7) is 3.35. The van der Waals surface area contributed by atoms with Crippen LogP contribution in [0.5, 0.6) is 0 Å². The molecule has 7 nitrogen and oxygen atoms in total. The summed E-state index contributed by atoms with van der Waals surface area (Å²) < 4.78 is 9.97. The number of benzene rings is 5. The number of imidazole rings is 1. The highest BCUT2D eigenvalue weighted by Crippen LogP contribution is 2.27. The average Bonchev–Trinajstić information content (AvgIpc) is 3.45. The van der Waals surface area contributed by atoms with E-state index in [0.717, 1.165) is 36.1 Å². The van der Waals surface area contributed by atoms with Gasteiger partial charge in [0.05, 0.1) is 17.6 Å². The Balaban J connectivity index is 1.05. The number of likely N-dealkylation sites (tertiary alicyclic amines) is 1. The smallest absolute Gasteiger partial charge is 0.409 e. The van der Waals surface area contributed by atoms with Crippen molar-refractivity contribution in [3.8, 4) is 0 Å². The van der Waals surface area contributed by atoms with Crippen molar-refractivity contribution in [1.29, 1.82) is 0 Å². The van der Waals surface area contributed by atoms with Gasteiger partial charge >= 0.3 is 11.8 Å². The average molecular weight is 665 g/mol. The Kier molecular flexibility index (Phi) is 10.5. The fourth-order valence-corrected chi connectivity index (χ4v) is 7.20. The maximum absolute atomic E-state index is 13.9. The van der Waals surface area contributed by atoms with E-state index in [9.17, 15) is 9.59 Å². The Labute approximate surface area is 294 Å². The van der Waals surface area contributed by atoms with E-state index in [1.165, 1.54) is 16.7 Å². The number of carbonyl (C=O) groups is 1. The van der Waals surface area contributed by atoms with Gasteiger partial charge in [-0.25, -0.2) is 9.59 Å². The molecule has 0 aliphatic carbocycles. The van der Waals surface area contributed by atoms with E-state index in [1.54, 1.807) is 0 Å². The predicted molar refractivity (Wildman–Crippen MR) is 199 cm³/mol. The lowest BCUT2D eigenvalue weighted by atomic mass is 10.0. The molecule has 2 heterocycles. The summed E-state index contributed by atoms with van der Waals surface area (Å²) >= 11 is 0. The number of nitrogens with zero attached hydrogens (tertiary/aromatic N) is 4. The predicted octanol–water partition coefficient (Wildman–Crippen LogP) is 7.94. The lowest BCUT2D eigenvalue weighted by molar-refractivity contribution is 0.0517. The van der Waals surface area contributed by atoms with E-state index in [-0.39, 0.29) is 30.5 Å². The molecule has 0 N–H and O–H groups in total. The van der Waals surface area contributed by atoms with Gasteiger partial charge in [0.25, 0.3) is 0 Å². The molecule has 1 atom stereocenters. The Hall–Kier alpha value is -5.40. The van der Waals surface area contributed by atoms with Gasteiger partial charge in [-0.05, 0) is 53.6 Å². The second-order valence-corrected chi connectivity index (χ2v) is 13.2. The van der Waals surface area contributed by atoms with Gasteiger partial charge < -0.3 is 9.64 Å². The summed E-state index contributed by atoms with van der Waals surface area (Å²) in [4.78, 5) is 31.7. The molecule has 0 unspecified atom stereocenters. The van der Waals surface area contributed by atoms with Crippen molar-refractivity contribution in [3.63, 3.8) is 0 Å². The minimum Gasteiger partial charge on any atom is -0.448 e. The molecule has 0 spiro atoms. The summed E-state index contributed by atoms with van der Waals surface area (Å²) in [6.07, 6.45) is 1.84. The second-order valence-electron chi connectivity index (χ2n) is 13.2. The third-order valence-electron chi connectivity index (χ3n) is 9.83. The fourth-order valence-electron chi connectivity index (χ4n) is 7.20. The van der Waals surface area contributed by atoms with Crippen molar-refractivity contribution >= 4 is 17.1 Å². The second kappa shape index (κ2) is 15.9. The van der Waals surface area contributed by atoms with Crippen molar-refractivity contribution in [2.45, 2.75) is 51.0 Å². The van der Waals surface area contributed by atoms with Crippen LogP contribution >= 0.6 is 0 Å². The molecule has 1 saturated heterocycles. The maximum atomic E-state index is 13.9. The highest BCUT2D eigenvalue weighted by atomic mass is 16.6. The van der Waals surface area contributed by atoms with E-state index in [2.05, 4.69) is 89.8 Å². The molecular weight excluding hydrogens is 620 g/mol. The number of hydrogen-bond donors (Lipinski definition) is 0. The van der Waals surface area contributed by atoms with Crippen LogP contribution in [0.2, 0.25) is 0 Å². The van der Waals surface area contributed by atoms with Crippen LogP contribution in [-0.4, -0.2) is 50.8 Å². The van der Waals surface area contributed by atoms with Crippen LogP contribution < -0.4 is 5.69 Å². The van der Waals surface area contributed by atoms with Gasteiger partial charge in [0.2, 0.25) is 0 Å². The van der Waals surface area contributed by atoms with Crippen molar-refractivity contribution in [2.75, 3.05) is 19.7 Å². The lowest BCUT2D eigenvalue weighted by Crippen LogP contribution is -2.44. The van der Waals surface area contributed by atoms with Crippen molar-refractivity contribution in [3.05, 3.63) is 178 Å². The number of rotatable bonds is 12. The van der Waals surface area contributed by atoms with Crippen LogP contribution in [0.4, 0.5) is 4.79 Å². The number of piperidine rings is 1. The van der Waals surface area contributed by atoms with Gasteiger partial charge in [-0.2, -0.15) is 0 Å². The zero-order valence-corrected chi connectivity index (χ0v) is 28.4. The number of amides is 1. The molecule has 1 aromatic heterocycles. The van der Waals surface area contributed by atoms with Gasteiger partial charge in [0.15, 0.2) is 0 Å². The third kappa shape index (κ3) is 7.90. The monoisotopic (exact) mass is 664 g/mol. The normalized spacial score (nSPS) is 14.2. The summed E-state index contributed by atoms with van der Waals surface area (Å²) in [5.74, 6) is 0. The van der Waals surface area contributed by atoms with E-state index < -0.39 is 0 Å². The zero-order valence-electron chi connectivity index (χ0n) is 28.4. The summed E-state index contributed by atoms with van der Waals surface area (Å²) in [5.41, 5.74) is 6.60. The van der Waals surface area contributed by atoms with Crippen LogP contribution in [0.15, 0.2) is 150 Å². The van der Waals surface area contributed by atoms with Crippen molar-refractivity contribution < 1.29 is 9.53 Å². The van der Waals surface area contributed by atoms with Crippen LogP contribution in [0.3, 0.4) is 0 Å². The molecular formula is C43H44N4O3. The molecule has 1 fully saturated rings. The number of fused-ring (bicyclic) bond motifs is 1. The number of para-hydroxylation sites is 2. The van der Waals surface area contributed by atoms with Gasteiger partial charge in [0.1, 0.15) is 6.61 Å². The lowest BCUT2D eigenvalue weighted by Gasteiger charge is -2.34. The summed E-state index contributed by atoms with van der Waals surface area (Å²) in [5, 5.41) is 0. The number of ether oxygens (including phenoxy) is 1. The molecule has 1 amide bonds. The fraction of sp³-hybridized carbons (Fsp3) is 0.256. The molecule has 0 bridgehead atoms. The summed E-state index contributed by atoms with van der Waals surface area (Å²) in [6, 6.07) is 49.5. The molecule has 7 rings (SSSR count). The molecule has 0 saturated carbocycles. The summed E-state index contributed by atoms with van der Waals surface area (Å²) in [7, 11) is 0. The highest BCUT2D eigenvalue weighted by Gasteiger charge is 2.29. The number of hydrogen-bond acceptors (Lipinski definition) is 4. The molecule has 254 valence electrons. The van der Waals surface area contributed by atoms with Gasteiger partial charge in [-0.15, -0.1) is 0 Å². The van der Waals surface area contributed by atoms with E-state index in [4.69, 9.17) is 4.74 Å². The Morgan fingerprint density at radius 1 is 0.640 bits per heavy atom. The first-order chi connectivity index (χ1) is 24.6. The maximum Gasteiger partial charge on any atom is 0.409 e. The quantitative estimate of drug-likeness (QED) is 0.133. The van der Waals surface area contributed by atoms with Crippen molar-refractivity contribution in [2.24, 2.45) is 0 Å². The first-order valence-corrected chi connectivity index (χ1v) is 17.6. The van der Waals surface area contributed by atoms with Crippen LogP contribution in [0.1, 0.15) is 41.1 Å². The van der Waals surface area contributed by atoms with E-state index in [1.807, 2.05) is 74.7 Å². The number of carbonyl (C=O) groups excluding carboxylic acids is 1. The van der Waals surface area contributed by atoms with E-state index in [0.29, 0.717) is 32.5 Å². The molecule has 6 aromatic rings. The minimum atomic E-state index is -0.292. The molecule has 5 aromatic carbocycles. The van der Waals surface area contributed by atoms with Crippen LogP contribution in [-0.2, 0) is 30.8 Å². The molecule has 50 heavy (non-hydrogen) atoms. The number of aromatic nitrogens is 2. The van der Waals surface area contributed by atoms with Crippen molar-refractivity contribution in [1.82, 2.24) is 18.9 Å². The van der Waals surface area contributed by atoms with Gasteiger partial charge in [-0.3, -0.25) is 14.0 Å². The SMILES string of the molecule is O=C(OC[C@@H](Cc1ccccc1)N(Cc1ccccc1)Cc1ccccc1)N1CCC(n2c(=O)n(Cc3ccccc3)c3ccccc32)CC1. The highest BCUT2D eigenvalue weighted by molar-refractivity contribution is 5.76. The Morgan fingerprint density at radius 2 is 1.12 bits per heavy atom. The molecule has 1 aliphatic heterocycles. The molecule has 1 aliphatic rings. The Morgan fingerprint density at radius 3 is 1.68 bits per heavy atom. The van der Waals surface area contributed by atoms with Crippen LogP contribution in [0, 0.1) is 0 Å². The third-order valence-corrected chi connectivity index (χ3v) is 9.83. The molecule has 0 radical (unpaired) electrons. The first-order valence-electron chi connectivity index (χ1n) is 17.6. The zero-order chi connectivity index (χ0) is 34.1. The van der Waals surface area contributed by atoms with Gasteiger partial charge in [0, 0.05) is 38.3 Å². The standard InChI is InChI=1S/C43H44N4O3/c48-42-46(32-37-21-11-4-12-22-37)40-23-13-14-24-41(40)47(42)38-25-27-44(28-26-38)43(49)50-33-39(29-34-15-5-1-6-16-34)45(30-35-17-7-2-8-18-35)31-36-19-9-3-10-20-36/h1-24,38-39H,25-33H2/t39-/m1/s1.